The fraction of sp³-hybridized carbons (Fsp3) is 0.692. The van der Waals surface area contributed by atoms with Crippen LogP contribution < -0.4 is 10.6 Å². The molecule has 1 aliphatic rings. The molecule has 1 atom stereocenters. The first kappa shape index (κ1) is 16.9. The fourth-order valence-electron chi connectivity index (χ4n) is 2.54. The molecule has 0 bridgehead atoms. The van der Waals surface area contributed by atoms with Crippen molar-refractivity contribution in [2.24, 2.45) is 0 Å². The summed E-state index contributed by atoms with van der Waals surface area (Å²) < 4.78 is 10.6. The van der Waals surface area contributed by atoms with Gasteiger partial charge in [0.15, 0.2) is 5.89 Å². The molecule has 0 aliphatic carbocycles. The molecule has 0 radical (unpaired) electrons. The molecule has 1 saturated heterocycles. The molecule has 7 heteroatoms. The number of carbonyl (C=O) groups excluding carboxylic acids is 1. The number of oxazole rings is 1. The standard InChI is InChI=1S/C13H21N3O3.ClH/c1-9-11(19-10(2)16-9)12(17)14-7-13(8-18-3)5-4-6-15-13;/h15H,4-8H2,1-3H3,(H,14,17);1H. The molecule has 1 aliphatic heterocycles. The van der Waals surface area contributed by atoms with Crippen LogP contribution in [-0.4, -0.2) is 43.2 Å². The van der Waals surface area contributed by atoms with Crippen LogP contribution in [0.5, 0.6) is 0 Å². The number of rotatable bonds is 5. The highest BCUT2D eigenvalue weighted by Crippen LogP contribution is 2.19. The molecule has 0 saturated carbocycles. The summed E-state index contributed by atoms with van der Waals surface area (Å²) in [5, 5.41) is 6.32. The molecule has 0 aromatic carbocycles. The molecule has 1 amide bonds. The Morgan fingerprint density at radius 2 is 2.30 bits per heavy atom. The number of carbonyl (C=O) groups is 1. The maximum Gasteiger partial charge on any atom is 0.289 e. The van der Waals surface area contributed by atoms with Crippen molar-refractivity contribution in [3.05, 3.63) is 17.3 Å². The number of methoxy groups -OCH3 is 1. The third kappa shape index (κ3) is 3.71. The molecule has 1 aromatic rings. The first-order valence-electron chi connectivity index (χ1n) is 6.52. The molecule has 1 fully saturated rings. The summed E-state index contributed by atoms with van der Waals surface area (Å²) in [6.45, 7) is 5.57. The third-order valence-corrected chi connectivity index (χ3v) is 3.45. The molecule has 2 rings (SSSR count). The van der Waals surface area contributed by atoms with E-state index in [0.29, 0.717) is 30.5 Å². The number of ether oxygens (including phenoxy) is 1. The minimum Gasteiger partial charge on any atom is -0.436 e. The Morgan fingerprint density at radius 3 is 2.80 bits per heavy atom. The second kappa shape index (κ2) is 7.06. The lowest BCUT2D eigenvalue weighted by atomic mass is 9.98. The number of halogens is 1. The summed E-state index contributed by atoms with van der Waals surface area (Å²) in [6.07, 6.45) is 2.09. The molecule has 0 spiro atoms. The van der Waals surface area contributed by atoms with E-state index in [1.807, 2.05) is 0 Å². The fourth-order valence-corrected chi connectivity index (χ4v) is 2.54. The number of hydrogen-bond donors (Lipinski definition) is 2. The van der Waals surface area contributed by atoms with Gasteiger partial charge < -0.3 is 19.8 Å². The molecule has 2 N–H and O–H groups in total. The van der Waals surface area contributed by atoms with Crippen LogP contribution in [-0.2, 0) is 4.74 Å². The maximum atomic E-state index is 12.1. The third-order valence-electron chi connectivity index (χ3n) is 3.45. The van der Waals surface area contributed by atoms with Crippen LogP contribution >= 0.6 is 12.4 Å². The quantitative estimate of drug-likeness (QED) is 0.855. The van der Waals surface area contributed by atoms with Gasteiger partial charge in [0.1, 0.15) is 0 Å². The van der Waals surface area contributed by atoms with Crippen LogP contribution in [0.15, 0.2) is 4.42 Å². The summed E-state index contributed by atoms with van der Waals surface area (Å²) in [5.74, 6) is 0.582. The van der Waals surface area contributed by atoms with E-state index in [2.05, 4.69) is 15.6 Å². The first-order valence-corrected chi connectivity index (χ1v) is 6.52. The van der Waals surface area contributed by atoms with E-state index in [4.69, 9.17) is 9.15 Å². The molecule has 1 aromatic heterocycles. The summed E-state index contributed by atoms with van der Waals surface area (Å²) in [5.41, 5.74) is 0.461. The Bertz CT molecular complexity index is 456. The molecular formula is C13H22ClN3O3. The van der Waals surface area contributed by atoms with Gasteiger partial charge in [-0.15, -0.1) is 12.4 Å². The highest BCUT2D eigenvalue weighted by Gasteiger charge is 2.34. The number of hydrogen-bond acceptors (Lipinski definition) is 5. The second-order valence-electron chi connectivity index (χ2n) is 5.07. The lowest BCUT2D eigenvalue weighted by Crippen LogP contribution is -2.53. The van der Waals surface area contributed by atoms with Crippen molar-refractivity contribution in [3.8, 4) is 0 Å². The van der Waals surface area contributed by atoms with E-state index in [9.17, 15) is 4.79 Å². The van der Waals surface area contributed by atoms with Crippen molar-refractivity contribution in [2.75, 3.05) is 26.8 Å². The summed E-state index contributed by atoms with van der Waals surface area (Å²) >= 11 is 0. The Balaban J connectivity index is 0.00000200. The van der Waals surface area contributed by atoms with Gasteiger partial charge in [0.2, 0.25) is 5.76 Å². The lowest BCUT2D eigenvalue weighted by Gasteiger charge is -2.28. The van der Waals surface area contributed by atoms with E-state index < -0.39 is 0 Å². The smallest absolute Gasteiger partial charge is 0.289 e. The molecule has 2 heterocycles. The highest BCUT2D eigenvalue weighted by molar-refractivity contribution is 5.92. The number of nitrogens with one attached hydrogen (secondary N) is 2. The predicted molar refractivity (Wildman–Crippen MR) is 77.4 cm³/mol. The first-order chi connectivity index (χ1) is 9.06. The van der Waals surface area contributed by atoms with Crippen LogP contribution in [0.2, 0.25) is 0 Å². The monoisotopic (exact) mass is 303 g/mol. The van der Waals surface area contributed by atoms with Crippen molar-refractivity contribution >= 4 is 18.3 Å². The van der Waals surface area contributed by atoms with E-state index in [1.165, 1.54) is 0 Å². The van der Waals surface area contributed by atoms with Gasteiger partial charge in [-0.3, -0.25) is 4.79 Å². The minimum atomic E-state index is -0.220. The lowest BCUT2D eigenvalue weighted by molar-refractivity contribution is 0.0865. The highest BCUT2D eigenvalue weighted by atomic mass is 35.5. The zero-order valence-electron chi connectivity index (χ0n) is 12.1. The predicted octanol–water partition coefficient (Wildman–Crippen LogP) is 1.21. The van der Waals surface area contributed by atoms with Gasteiger partial charge in [-0.1, -0.05) is 0 Å². The van der Waals surface area contributed by atoms with Crippen molar-refractivity contribution < 1.29 is 13.9 Å². The number of nitrogens with zero attached hydrogens (tertiary/aromatic N) is 1. The zero-order chi connectivity index (χ0) is 13.9. The van der Waals surface area contributed by atoms with Gasteiger partial charge in [-0.05, 0) is 26.3 Å². The topological polar surface area (TPSA) is 76.4 Å². The largest absolute Gasteiger partial charge is 0.436 e. The van der Waals surface area contributed by atoms with E-state index >= 15 is 0 Å². The summed E-state index contributed by atoms with van der Waals surface area (Å²) in [4.78, 5) is 16.2. The van der Waals surface area contributed by atoms with Crippen LogP contribution in [0, 0.1) is 13.8 Å². The van der Waals surface area contributed by atoms with Crippen molar-refractivity contribution in [1.82, 2.24) is 15.6 Å². The van der Waals surface area contributed by atoms with Gasteiger partial charge in [-0.25, -0.2) is 4.98 Å². The molecular weight excluding hydrogens is 282 g/mol. The van der Waals surface area contributed by atoms with Gasteiger partial charge >= 0.3 is 0 Å². The average Bonchev–Trinajstić information content (AvgIpc) is 2.94. The van der Waals surface area contributed by atoms with E-state index in [-0.39, 0.29) is 23.9 Å². The summed E-state index contributed by atoms with van der Waals surface area (Å²) in [7, 11) is 1.67. The van der Waals surface area contributed by atoms with Gasteiger partial charge in [0.25, 0.3) is 5.91 Å². The molecule has 6 nitrogen and oxygen atoms in total. The number of amides is 1. The average molecular weight is 304 g/mol. The Kier molecular flexibility index (Phi) is 5.98. The second-order valence-corrected chi connectivity index (χ2v) is 5.07. The number of aromatic nitrogens is 1. The van der Waals surface area contributed by atoms with Gasteiger partial charge in [0.05, 0.1) is 17.8 Å². The Morgan fingerprint density at radius 1 is 1.55 bits per heavy atom. The van der Waals surface area contributed by atoms with Gasteiger partial charge in [-0.2, -0.15) is 0 Å². The van der Waals surface area contributed by atoms with Gasteiger partial charge in [0, 0.05) is 20.6 Å². The number of aryl methyl sites for hydroxylation is 2. The van der Waals surface area contributed by atoms with Crippen molar-refractivity contribution in [3.63, 3.8) is 0 Å². The molecule has 114 valence electrons. The molecule has 20 heavy (non-hydrogen) atoms. The van der Waals surface area contributed by atoms with E-state index in [0.717, 1.165) is 19.4 Å². The molecule has 1 unspecified atom stereocenters. The SMILES string of the molecule is COCC1(CNC(=O)c2oc(C)nc2C)CCCN1.Cl. The Labute approximate surface area is 125 Å². The minimum absolute atomic E-state index is 0. The van der Waals surface area contributed by atoms with Crippen molar-refractivity contribution in [1.29, 1.82) is 0 Å². The van der Waals surface area contributed by atoms with Crippen molar-refractivity contribution in [2.45, 2.75) is 32.2 Å². The summed E-state index contributed by atoms with van der Waals surface area (Å²) in [6, 6.07) is 0. The Hall–Kier alpha value is -1.11. The van der Waals surface area contributed by atoms with Crippen LogP contribution in [0.1, 0.15) is 35.0 Å². The van der Waals surface area contributed by atoms with Crippen LogP contribution in [0.25, 0.3) is 0 Å². The van der Waals surface area contributed by atoms with Crippen LogP contribution in [0.4, 0.5) is 0 Å². The zero-order valence-corrected chi connectivity index (χ0v) is 12.9. The van der Waals surface area contributed by atoms with E-state index in [1.54, 1.807) is 21.0 Å². The maximum absolute atomic E-state index is 12.1. The normalized spacial score (nSPS) is 21.6. The van der Waals surface area contributed by atoms with Crippen LogP contribution in [0.3, 0.4) is 0 Å².